The van der Waals surface area contributed by atoms with Crippen LogP contribution in [0.15, 0.2) is 17.8 Å². The molecule has 9 heteroatoms. The van der Waals surface area contributed by atoms with Crippen LogP contribution in [0.1, 0.15) is 37.8 Å². The summed E-state index contributed by atoms with van der Waals surface area (Å²) in [5.41, 5.74) is 0.436. The third-order valence-corrected chi connectivity index (χ3v) is 4.85. The molecule has 0 saturated carbocycles. The second-order valence-electron chi connectivity index (χ2n) is 6.91. The molecule has 2 amide bonds. The van der Waals surface area contributed by atoms with E-state index in [0.717, 1.165) is 5.06 Å². The smallest absolute Gasteiger partial charge is 0.273 e. The molecule has 1 aromatic rings. The van der Waals surface area contributed by atoms with E-state index in [1.165, 1.54) is 19.2 Å². The van der Waals surface area contributed by atoms with Gasteiger partial charge in [0.15, 0.2) is 0 Å². The van der Waals surface area contributed by atoms with Crippen LogP contribution in [-0.2, 0) is 14.4 Å². The number of nitrogens with zero attached hydrogens (tertiary/aromatic N) is 3. The van der Waals surface area contributed by atoms with Crippen molar-refractivity contribution in [2.24, 2.45) is 0 Å². The topological polar surface area (TPSA) is 102 Å². The van der Waals surface area contributed by atoms with Gasteiger partial charge >= 0.3 is 0 Å². The lowest BCUT2D eigenvalue weighted by molar-refractivity contribution is -0.385. The number of nitro benzene ring substituents is 1. The zero-order chi connectivity index (χ0) is 19.9. The maximum Gasteiger partial charge on any atom is 0.273 e. The van der Waals surface area contributed by atoms with Crippen LogP contribution in [0.3, 0.4) is 0 Å². The number of carbonyl (C=O) groups is 2. The molecule has 27 heavy (non-hydrogen) atoms. The molecule has 144 valence electrons. The van der Waals surface area contributed by atoms with Crippen molar-refractivity contribution in [3.8, 4) is 5.75 Å². The van der Waals surface area contributed by atoms with E-state index in [1.807, 2.05) is 0 Å². The van der Waals surface area contributed by atoms with E-state index >= 15 is 0 Å². The summed E-state index contributed by atoms with van der Waals surface area (Å²) < 4.78 is 6.06. The molecular weight excluding hydrogens is 354 g/mol. The molecule has 0 unspecified atom stereocenters. The second kappa shape index (κ2) is 6.66. The maximum atomic E-state index is 12.5. The van der Waals surface area contributed by atoms with Crippen LogP contribution in [0.5, 0.6) is 5.75 Å². The van der Waals surface area contributed by atoms with Crippen LogP contribution < -0.4 is 4.74 Å². The van der Waals surface area contributed by atoms with Gasteiger partial charge in [0, 0.05) is 24.6 Å². The number of benzene rings is 1. The molecular formula is C18H21N3O6. The third kappa shape index (κ3) is 2.93. The molecule has 0 bridgehead atoms. The summed E-state index contributed by atoms with van der Waals surface area (Å²) in [6, 6.07) is 2.91. The summed E-state index contributed by atoms with van der Waals surface area (Å²) in [5.74, 6) is 0.308. The minimum absolute atomic E-state index is 0.0874. The summed E-state index contributed by atoms with van der Waals surface area (Å²) in [7, 11) is 1.33. The van der Waals surface area contributed by atoms with E-state index < -0.39 is 10.5 Å². The summed E-state index contributed by atoms with van der Waals surface area (Å²) in [5, 5.41) is 12.4. The normalized spacial score (nSPS) is 18.2. The minimum Gasteiger partial charge on any atom is -0.481 e. The molecule has 2 heterocycles. The number of hydroxylamine groups is 2. The Hall–Kier alpha value is -2.94. The summed E-state index contributed by atoms with van der Waals surface area (Å²) in [6.07, 6.45) is 1.52. The first-order valence-electron chi connectivity index (χ1n) is 8.54. The molecule has 1 saturated heterocycles. The van der Waals surface area contributed by atoms with E-state index in [9.17, 15) is 19.7 Å². The molecule has 0 aliphatic carbocycles. The average molecular weight is 375 g/mol. The average Bonchev–Trinajstić information content (AvgIpc) is 3.01. The Kier molecular flexibility index (Phi) is 4.64. The Labute approximate surface area is 156 Å². The number of amides is 2. The fourth-order valence-electron chi connectivity index (χ4n) is 3.68. The van der Waals surface area contributed by atoms with Gasteiger partial charge in [-0.15, -0.1) is 0 Å². The van der Waals surface area contributed by atoms with Crippen molar-refractivity contribution in [1.82, 2.24) is 9.96 Å². The molecule has 1 aromatic carbocycles. The Bertz CT molecular complexity index is 861. The monoisotopic (exact) mass is 375 g/mol. The highest BCUT2D eigenvalue weighted by Crippen LogP contribution is 2.47. The van der Waals surface area contributed by atoms with E-state index in [1.54, 1.807) is 25.7 Å². The molecule has 1 fully saturated rings. The van der Waals surface area contributed by atoms with E-state index in [4.69, 9.17) is 9.57 Å². The fourth-order valence-corrected chi connectivity index (χ4v) is 3.68. The van der Waals surface area contributed by atoms with Gasteiger partial charge in [-0.05, 0) is 33.3 Å². The predicted octanol–water partition coefficient (Wildman–Crippen LogP) is 2.39. The first-order valence-corrected chi connectivity index (χ1v) is 8.54. The number of likely N-dealkylation sites (tertiary alicyclic amines) is 1. The van der Waals surface area contributed by atoms with E-state index in [-0.39, 0.29) is 11.6 Å². The SMILES string of the molecule is CON(C=O)C1=C(N2CCCC2=O)c2c(ccc([N+](=O)[O-])c2C)OC1(C)C. The van der Waals surface area contributed by atoms with Crippen molar-refractivity contribution in [3.63, 3.8) is 0 Å². The molecule has 0 spiro atoms. The van der Waals surface area contributed by atoms with Crippen molar-refractivity contribution in [2.45, 2.75) is 39.2 Å². The number of carbonyl (C=O) groups excluding carboxylic acids is 2. The van der Waals surface area contributed by atoms with Gasteiger partial charge in [-0.3, -0.25) is 24.5 Å². The van der Waals surface area contributed by atoms with Gasteiger partial charge in [-0.25, -0.2) is 0 Å². The molecule has 0 radical (unpaired) electrons. The Balaban J connectivity index is 2.40. The molecule has 0 aromatic heterocycles. The van der Waals surface area contributed by atoms with Crippen LogP contribution in [0.4, 0.5) is 5.69 Å². The van der Waals surface area contributed by atoms with Gasteiger partial charge in [-0.1, -0.05) is 0 Å². The first-order chi connectivity index (χ1) is 12.7. The summed E-state index contributed by atoms with van der Waals surface area (Å²) in [6.45, 7) is 5.55. The zero-order valence-corrected chi connectivity index (χ0v) is 15.6. The summed E-state index contributed by atoms with van der Waals surface area (Å²) in [4.78, 5) is 41.9. The van der Waals surface area contributed by atoms with Gasteiger partial charge in [-0.2, -0.15) is 5.06 Å². The van der Waals surface area contributed by atoms with Gasteiger partial charge in [0.1, 0.15) is 17.0 Å². The van der Waals surface area contributed by atoms with Gasteiger partial charge in [0.25, 0.3) is 5.69 Å². The van der Waals surface area contributed by atoms with Crippen LogP contribution in [0, 0.1) is 17.0 Å². The number of hydrogen-bond donors (Lipinski definition) is 0. The molecule has 9 nitrogen and oxygen atoms in total. The largest absolute Gasteiger partial charge is 0.481 e. The van der Waals surface area contributed by atoms with Crippen molar-refractivity contribution in [3.05, 3.63) is 39.1 Å². The standard InChI is InChI=1S/C18H21N3O6/c1-11-12(21(24)25)7-8-13-15(11)16(19-9-5-6-14(19)23)17(18(2,3)27-13)20(10-22)26-4/h7-8,10H,5-6,9H2,1-4H3. The van der Waals surface area contributed by atoms with Crippen LogP contribution >= 0.6 is 0 Å². The van der Waals surface area contributed by atoms with Crippen molar-refractivity contribution < 1.29 is 24.1 Å². The lowest BCUT2D eigenvalue weighted by Gasteiger charge is -2.41. The Morgan fingerprint density at radius 2 is 2.11 bits per heavy atom. The lowest BCUT2D eigenvalue weighted by atomic mass is 9.91. The van der Waals surface area contributed by atoms with Gasteiger partial charge in [0.05, 0.1) is 23.3 Å². The van der Waals surface area contributed by atoms with Crippen LogP contribution in [0.25, 0.3) is 5.70 Å². The highest BCUT2D eigenvalue weighted by Gasteiger charge is 2.44. The van der Waals surface area contributed by atoms with E-state index in [2.05, 4.69) is 0 Å². The molecule has 0 N–H and O–H groups in total. The zero-order valence-electron chi connectivity index (χ0n) is 15.6. The molecule has 2 aliphatic rings. The number of nitro groups is 1. The predicted molar refractivity (Wildman–Crippen MR) is 95.3 cm³/mol. The van der Waals surface area contributed by atoms with Crippen molar-refractivity contribution in [2.75, 3.05) is 13.7 Å². The molecule has 0 atom stereocenters. The fraction of sp³-hybridized carbons (Fsp3) is 0.444. The number of ether oxygens (including phenoxy) is 1. The van der Waals surface area contributed by atoms with Crippen molar-refractivity contribution >= 4 is 23.7 Å². The number of fused-ring (bicyclic) bond motifs is 1. The molecule has 3 rings (SSSR count). The highest BCUT2D eigenvalue weighted by atomic mass is 16.7. The van der Waals surface area contributed by atoms with Gasteiger partial charge < -0.3 is 9.64 Å². The van der Waals surface area contributed by atoms with Gasteiger partial charge in [0.2, 0.25) is 12.3 Å². The summed E-state index contributed by atoms with van der Waals surface area (Å²) >= 11 is 0. The van der Waals surface area contributed by atoms with Crippen LogP contribution in [0.2, 0.25) is 0 Å². The second-order valence-corrected chi connectivity index (χ2v) is 6.91. The van der Waals surface area contributed by atoms with Crippen molar-refractivity contribution in [1.29, 1.82) is 0 Å². The first kappa shape index (κ1) is 18.8. The Morgan fingerprint density at radius 1 is 1.41 bits per heavy atom. The van der Waals surface area contributed by atoms with Crippen LogP contribution in [-0.4, -0.2) is 46.5 Å². The minimum atomic E-state index is -1.01. The Morgan fingerprint density at radius 3 is 2.63 bits per heavy atom. The lowest BCUT2D eigenvalue weighted by Crippen LogP contribution is -2.45. The molecule has 2 aliphatic heterocycles. The van der Waals surface area contributed by atoms with E-state index in [0.29, 0.717) is 54.1 Å². The number of hydrogen-bond acceptors (Lipinski definition) is 6. The highest BCUT2D eigenvalue weighted by molar-refractivity contribution is 5.93. The number of rotatable bonds is 5. The maximum absolute atomic E-state index is 12.5. The quantitative estimate of drug-likeness (QED) is 0.445. The third-order valence-electron chi connectivity index (χ3n) is 4.85.